The third-order valence-electron chi connectivity index (χ3n) is 2.17. The van der Waals surface area contributed by atoms with Crippen molar-refractivity contribution in [3.05, 3.63) is 35.6 Å². The highest BCUT2D eigenvalue weighted by Gasteiger charge is 2.11. The predicted molar refractivity (Wildman–Crippen MR) is 55.6 cm³/mol. The molecule has 0 bridgehead atoms. The van der Waals surface area contributed by atoms with Gasteiger partial charge in [0.15, 0.2) is 0 Å². The Morgan fingerprint density at radius 2 is 1.79 bits per heavy atom. The molecule has 14 heavy (non-hydrogen) atoms. The zero-order valence-electron chi connectivity index (χ0n) is 8.76. The van der Waals surface area contributed by atoms with E-state index in [-0.39, 0.29) is 5.82 Å². The summed E-state index contributed by atoms with van der Waals surface area (Å²) >= 11 is 0. The predicted octanol–water partition coefficient (Wildman–Crippen LogP) is 2.92. The minimum Gasteiger partial charge on any atom is -0.390 e. The van der Waals surface area contributed by atoms with Gasteiger partial charge in [0.25, 0.3) is 0 Å². The van der Waals surface area contributed by atoms with Crippen molar-refractivity contribution < 1.29 is 9.50 Å². The molecule has 0 unspecified atom stereocenters. The lowest BCUT2D eigenvalue weighted by Crippen LogP contribution is -2.18. The number of benzene rings is 1. The van der Waals surface area contributed by atoms with Crippen molar-refractivity contribution in [2.75, 3.05) is 0 Å². The van der Waals surface area contributed by atoms with Gasteiger partial charge in [-0.25, -0.2) is 4.39 Å². The molecule has 0 aliphatic carbocycles. The third kappa shape index (κ3) is 4.38. The van der Waals surface area contributed by atoms with Gasteiger partial charge in [-0.1, -0.05) is 12.1 Å². The lowest BCUT2D eigenvalue weighted by Gasteiger charge is -2.16. The number of hydrogen-bond donors (Lipinski definition) is 1. The molecular weight excluding hydrogens is 179 g/mol. The van der Waals surface area contributed by atoms with Gasteiger partial charge < -0.3 is 5.11 Å². The molecule has 1 N–H and O–H groups in total. The quantitative estimate of drug-likeness (QED) is 0.785. The average Bonchev–Trinajstić information content (AvgIpc) is 2.06. The van der Waals surface area contributed by atoms with Crippen molar-refractivity contribution >= 4 is 0 Å². The molecule has 2 heteroatoms. The summed E-state index contributed by atoms with van der Waals surface area (Å²) in [5.41, 5.74) is 0.524. The summed E-state index contributed by atoms with van der Waals surface area (Å²) in [6.45, 7) is 3.61. The molecule has 1 rings (SSSR count). The fourth-order valence-corrected chi connectivity index (χ4v) is 1.38. The summed E-state index contributed by atoms with van der Waals surface area (Å²) in [5.74, 6) is -0.198. The summed E-state index contributed by atoms with van der Waals surface area (Å²) in [5, 5.41) is 9.48. The molecule has 1 nitrogen and oxygen atoms in total. The monoisotopic (exact) mass is 196 g/mol. The van der Waals surface area contributed by atoms with E-state index < -0.39 is 5.60 Å². The summed E-state index contributed by atoms with van der Waals surface area (Å²) in [7, 11) is 0. The van der Waals surface area contributed by atoms with E-state index in [0.717, 1.165) is 24.8 Å². The minimum absolute atomic E-state index is 0.198. The average molecular weight is 196 g/mol. The molecule has 0 amide bonds. The number of aliphatic hydroxyl groups is 1. The van der Waals surface area contributed by atoms with Crippen molar-refractivity contribution in [2.24, 2.45) is 0 Å². The van der Waals surface area contributed by atoms with Gasteiger partial charge in [-0.2, -0.15) is 0 Å². The molecule has 78 valence electrons. The van der Waals surface area contributed by atoms with E-state index >= 15 is 0 Å². The van der Waals surface area contributed by atoms with E-state index in [4.69, 9.17) is 0 Å². The van der Waals surface area contributed by atoms with Crippen LogP contribution < -0.4 is 0 Å². The van der Waals surface area contributed by atoms with Crippen LogP contribution in [0.2, 0.25) is 0 Å². The second kappa shape index (κ2) is 4.56. The Morgan fingerprint density at radius 3 is 2.29 bits per heavy atom. The molecule has 0 atom stereocenters. The Morgan fingerprint density at radius 1 is 1.21 bits per heavy atom. The highest BCUT2D eigenvalue weighted by Crippen LogP contribution is 2.13. The molecule has 1 aromatic rings. The molecule has 0 saturated heterocycles. The summed E-state index contributed by atoms with van der Waals surface area (Å²) in [6.07, 6.45) is 2.59. The summed E-state index contributed by atoms with van der Waals surface area (Å²) < 4.78 is 12.6. The Balaban J connectivity index is 2.35. The normalized spacial score (nSPS) is 11.7. The first-order valence-electron chi connectivity index (χ1n) is 4.94. The van der Waals surface area contributed by atoms with Crippen molar-refractivity contribution in [3.63, 3.8) is 0 Å². The lowest BCUT2D eigenvalue weighted by atomic mass is 9.99. The smallest absolute Gasteiger partial charge is 0.123 e. The van der Waals surface area contributed by atoms with Crippen LogP contribution in [-0.4, -0.2) is 10.7 Å². The molecule has 0 aromatic heterocycles. The van der Waals surface area contributed by atoms with Gasteiger partial charge in [0.2, 0.25) is 0 Å². The van der Waals surface area contributed by atoms with Gasteiger partial charge in [-0.3, -0.25) is 0 Å². The van der Waals surface area contributed by atoms with E-state index in [0.29, 0.717) is 0 Å². The zero-order valence-corrected chi connectivity index (χ0v) is 8.76. The first-order chi connectivity index (χ1) is 6.47. The third-order valence-corrected chi connectivity index (χ3v) is 2.17. The second-order valence-corrected chi connectivity index (χ2v) is 4.29. The van der Waals surface area contributed by atoms with Crippen molar-refractivity contribution in [1.82, 2.24) is 0 Å². The molecule has 0 aliphatic rings. The number of hydrogen-bond acceptors (Lipinski definition) is 1. The van der Waals surface area contributed by atoms with Crippen LogP contribution in [-0.2, 0) is 6.42 Å². The van der Waals surface area contributed by atoms with Crippen molar-refractivity contribution in [2.45, 2.75) is 38.7 Å². The van der Waals surface area contributed by atoms with Crippen LogP contribution in [0.25, 0.3) is 0 Å². The Labute approximate surface area is 84.6 Å². The van der Waals surface area contributed by atoms with Crippen LogP contribution in [0.3, 0.4) is 0 Å². The largest absolute Gasteiger partial charge is 0.390 e. The highest BCUT2D eigenvalue weighted by atomic mass is 19.1. The van der Waals surface area contributed by atoms with Gasteiger partial charge in [0.1, 0.15) is 5.82 Å². The molecule has 0 saturated carbocycles. The fraction of sp³-hybridized carbons (Fsp3) is 0.500. The molecule has 0 fully saturated rings. The number of halogens is 1. The Kier molecular flexibility index (Phi) is 3.64. The standard InChI is InChI=1S/C12H17FO/c1-12(2,14)9-3-4-10-5-7-11(13)8-6-10/h5-8,14H,3-4,9H2,1-2H3. The zero-order chi connectivity index (χ0) is 10.6. The maximum Gasteiger partial charge on any atom is 0.123 e. The van der Waals surface area contributed by atoms with Gasteiger partial charge in [-0.15, -0.1) is 0 Å². The van der Waals surface area contributed by atoms with Crippen LogP contribution in [0.15, 0.2) is 24.3 Å². The fourth-order valence-electron chi connectivity index (χ4n) is 1.38. The van der Waals surface area contributed by atoms with Crippen LogP contribution in [0, 0.1) is 5.82 Å². The van der Waals surface area contributed by atoms with Crippen LogP contribution in [0.1, 0.15) is 32.3 Å². The molecule has 0 aliphatic heterocycles. The SMILES string of the molecule is CC(C)(O)CCCc1ccc(F)cc1. The van der Waals surface area contributed by atoms with Gasteiger partial charge in [0, 0.05) is 0 Å². The van der Waals surface area contributed by atoms with Gasteiger partial charge >= 0.3 is 0 Å². The van der Waals surface area contributed by atoms with Gasteiger partial charge in [-0.05, 0) is 50.8 Å². The maximum atomic E-state index is 12.6. The van der Waals surface area contributed by atoms with Crippen LogP contribution in [0.4, 0.5) is 4.39 Å². The van der Waals surface area contributed by atoms with E-state index in [9.17, 15) is 9.50 Å². The van der Waals surface area contributed by atoms with Crippen molar-refractivity contribution in [1.29, 1.82) is 0 Å². The van der Waals surface area contributed by atoms with E-state index in [1.54, 1.807) is 26.0 Å². The van der Waals surface area contributed by atoms with Crippen LogP contribution >= 0.6 is 0 Å². The Hall–Kier alpha value is -0.890. The summed E-state index contributed by atoms with van der Waals surface area (Å²) in [6, 6.07) is 6.53. The lowest BCUT2D eigenvalue weighted by molar-refractivity contribution is 0.0689. The van der Waals surface area contributed by atoms with E-state index in [1.807, 2.05) is 0 Å². The number of aryl methyl sites for hydroxylation is 1. The number of rotatable bonds is 4. The minimum atomic E-state index is -0.597. The van der Waals surface area contributed by atoms with E-state index in [1.165, 1.54) is 12.1 Å². The van der Waals surface area contributed by atoms with Gasteiger partial charge in [0.05, 0.1) is 5.60 Å². The second-order valence-electron chi connectivity index (χ2n) is 4.29. The summed E-state index contributed by atoms with van der Waals surface area (Å²) in [4.78, 5) is 0. The topological polar surface area (TPSA) is 20.2 Å². The first kappa shape index (κ1) is 11.2. The first-order valence-corrected chi connectivity index (χ1v) is 4.94. The Bertz CT molecular complexity index is 271. The van der Waals surface area contributed by atoms with Crippen LogP contribution in [0.5, 0.6) is 0 Å². The molecule has 0 radical (unpaired) electrons. The van der Waals surface area contributed by atoms with Crippen molar-refractivity contribution in [3.8, 4) is 0 Å². The molecular formula is C12H17FO. The molecule has 0 spiro atoms. The molecule has 1 aromatic carbocycles. The molecule has 0 heterocycles. The maximum absolute atomic E-state index is 12.6. The highest BCUT2D eigenvalue weighted by molar-refractivity contribution is 5.15. The van der Waals surface area contributed by atoms with E-state index in [2.05, 4.69) is 0 Å².